The van der Waals surface area contributed by atoms with E-state index in [1.807, 2.05) is 13.8 Å². The van der Waals surface area contributed by atoms with E-state index in [-0.39, 0.29) is 24.7 Å². The topological polar surface area (TPSA) is 52.6 Å². The van der Waals surface area contributed by atoms with Gasteiger partial charge in [-0.15, -0.1) is 0 Å². The molecule has 0 aromatic heterocycles. The fraction of sp³-hybridized carbons (Fsp3) is 0.889. The number of hydrogen-bond acceptors (Lipinski definition) is 4. The van der Waals surface area contributed by atoms with E-state index in [0.717, 1.165) is 6.42 Å². The first-order valence-corrected chi connectivity index (χ1v) is 6.47. The maximum Gasteiger partial charge on any atom is 0.306 e. The first-order chi connectivity index (χ1) is 6.60. The van der Waals surface area contributed by atoms with Gasteiger partial charge in [0.1, 0.15) is 0 Å². The van der Waals surface area contributed by atoms with E-state index >= 15 is 0 Å². The molecule has 5 heteroatoms. The van der Waals surface area contributed by atoms with Crippen LogP contribution in [0, 0.1) is 0 Å². The summed E-state index contributed by atoms with van der Waals surface area (Å²) in [6, 6.07) is 0. The minimum atomic E-state index is -2.06. The number of ether oxygens (including phenoxy) is 1. The van der Waals surface area contributed by atoms with Gasteiger partial charge in [-0.3, -0.25) is 9.36 Å². The Morgan fingerprint density at radius 3 is 2.57 bits per heavy atom. The molecule has 0 aromatic rings. The second-order valence-corrected chi connectivity index (χ2v) is 4.49. The van der Waals surface area contributed by atoms with Gasteiger partial charge in [0.2, 0.25) is 0 Å². The zero-order chi connectivity index (χ0) is 11.0. The maximum absolute atomic E-state index is 11.3. The summed E-state index contributed by atoms with van der Waals surface area (Å²) in [6.07, 6.45) is 1.30. The third-order valence-corrected chi connectivity index (χ3v) is 3.07. The van der Waals surface area contributed by atoms with Crippen molar-refractivity contribution in [3.05, 3.63) is 0 Å². The standard InChI is InChI=1S/C9H19O4P/c1-4-8(3)13-14(11)7-6-9(10)12-5-2/h8,14H,4-7H2,1-3H3. The lowest BCUT2D eigenvalue weighted by Gasteiger charge is -2.09. The lowest BCUT2D eigenvalue weighted by Crippen LogP contribution is -2.06. The van der Waals surface area contributed by atoms with Crippen molar-refractivity contribution in [1.29, 1.82) is 0 Å². The zero-order valence-corrected chi connectivity index (χ0v) is 10.0. The minimum Gasteiger partial charge on any atom is -0.466 e. The van der Waals surface area contributed by atoms with Gasteiger partial charge in [0.05, 0.1) is 19.1 Å². The maximum atomic E-state index is 11.3. The van der Waals surface area contributed by atoms with Gasteiger partial charge in [0, 0.05) is 6.16 Å². The van der Waals surface area contributed by atoms with Gasteiger partial charge in [-0.05, 0) is 20.3 Å². The van der Waals surface area contributed by atoms with Crippen LogP contribution in [0.3, 0.4) is 0 Å². The fourth-order valence-electron chi connectivity index (χ4n) is 0.804. The summed E-state index contributed by atoms with van der Waals surface area (Å²) < 4.78 is 21.1. The smallest absolute Gasteiger partial charge is 0.306 e. The molecule has 4 nitrogen and oxygen atoms in total. The zero-order valence-electron chi connectivity index (χ0n) is 9.04. The first-order valence-electron chi connectivity index (χ1n) is 4.95. The molecule has 0 aliphatic carbocycles. The fourth-order valence-corrected chi connectivity index (χ4v) is 1.95. The Labute approximate surface area is 85.8 Å². The van der Waals surface area contributed by atoms with Crippen molar-refractivity contribution in [2.24, 2.45) is 0 Å². The van der Waals surface area contributed by atoms with E-state index in [0.29, 0.717) is 6.61 Å². The SMILES string of the molecule is CCOC(=O)CC[PH](=O)OC(C)CC. The summed E-state index contributed by atoms with van der Waals surface area (Å²) in [7, 11) is -2.06. The van der Waals surface area contributed by atoms with Crippen LogP contribution in [0.4, 0.5) is 0 Å². The first kappa shape index (κ1) is 13.7. The molecule has 14 heavy (non-hydrogen) atoms. The predicted molar refractivity (Wildman–Crippen MR) is 56.0 cm³/mol. The van der Waals surface area contributed by atoms with Crippen LogP contribution < -0.4 is 0 Å². The third-order valence-electron chi connectivity index (χ3n) is 1.75. The predicted octanol–water partition coefficient (Wildman–Crippen LogP) is 2.23. The van der Waals surface area contributed by atoms with Gasteiger partial charge < -0.3 is 9.26 Å². The molecule has 0 bridgehead atoms. The largest absolute Gasteiger partial charge is 0.466 e. The molecule has 0 saturated carbocycles. The molecule has 0 heterocycles. The van der Waals surface area contributed by atoms with Crippen molar-refractivity contribution in [3.63, 3.8) is 0 Å². The highest BCUT2D eigenvalue weighted by Crippen LogP contribution is 2.26. The van der Waals surface area contributed by atoms with Gasteiger partial charge in [0.15, 0.2) is 8.03 Å². The number of rotatable bonds is 7. The molecule has 0 rings (SSSR count). The minimum absolute atomic E-state index is 0.00332. The average Bonchev–Trinajstić information content (AvgIpc) is 2.15. The quantitative estimate of drug-likeness (QED) is 0.489. The van der Waals surface area contributed by atoms with Crippen LogP contribution in [-0.2, 0) is 18.6 Å². The van der Waals surface area contributed by atoms with Crippen LogP contribution in [-0.4, -0.2) is 24.8 Å². The van der Waals surface area contributed by atoms with Crippen LogP contribution >= 0.6 is 8.03 Å². The van der Waals surface area contributed by atoms with E-state index in [4.69, 9.17) is 9.26 Å². The Kier molecular flexibility index (Phi) is 7.81. The normalized spacial score (nSPS) is 14.8. The van der Waals surface area contributed by atoms with E-state index in [1.54, 1.807) is 6.92 Å². The van der Waals surface area contributed by atoms with Crippen LogP contribution in [0.25, 0.3) is 0 Å². The second kappa shape index (κ2) is 8.01. The van der Waals surface area contributed by atoms with Crippen molar-refractivity contribution < 1.29 is 18.6 Å². The monoisotopic (exact) mass is 222 g/mol. The van der Waals surface area contributed by atoms with Crippen LogP contribution in [0.2, 0.25) is 0 Å². The van der Waals surface area contributed by atoms with Crippen molar-refractivity contribution in [3.8, 4) is 0 Å². The Balaban J connectivity index is 3.58. The summed E-state index contributed by atoms with van der Waals surface area (Å²) in [5.41, 5.74) is 0. The number of esters is 1. The lowest BCUT2D eigenvalue weighted by molar-refractivity contribution is -0.142. The molecule has 0 fully saturated rings. The molecule has 0 radical (unpaired) electrons. The summed E-state index contributed by atoms with van der Waals surface area (Å²) in [4.78, 5) is 10.9. The number of hydrogen-bond donors (Lipinski definition) is 0. The molecule has 0 amide bonds. The molecule has 2 atom stereocenters. The van der Waals surface area contributed by atoms with E-state index in [9.17, 15) is 9.36 Å². The molecule has 2 unspecified atom stereocenters. The second-order valence-electron chi connectivity index (χ2n) is 3.01. The Hall–Kier alpha value is -0.340. The highest BCUT2D eigenvalue weighted by molar-refractivity contribution is 7.39. The third kappa shape index (κ3) is 7.10. The van der Waals surface area contributed by atoms with Gasteiger partial charge >= 0.3 is 5.97 Å². The summed E-state index contributed by atoms with van der Waals surface area (Å²) >= 11 is 0. The van der Waals surface area contributed by atoms with Crippen molar-refractivity contribution >= 4 is 14.0 Å². The molecular weight excluding hydrogens is 203 g/mol. The van der Waals surface area contributed by atoms with Crippen molar-refractivity contribution in [2.45, 2.75) is 39.7 Å². The van der Waals surface area contributed by atoms with Crippen molar-refractivity contribution in [1.82, 2.24) is 0 Å². The van der Waals surface area contributed by atoms with E-state index < -0.39 is 8.03 Å². The Bertz CT molecular complexity index is 193. The van der Waals surface area contributed by atoms with Crippen LogP contribution in [0.15, 0.2) is 0 Å². The number of carbonyl (C=O) groups excluding carboxylic acids is 1. The summed E-state index contributed by atoms with van der Waals surface area (Å²) in [5.74, 6) is -0.307. The molecule has 0 saturated heterocycles. The number of carbonyl (C=O) groups is 1. The van der Waals surface area contributed by atoms with Gasteiger partial charge in [-0.2, -0.15) is 0 Å². The van der Waals surface area contributed by atoms with Gasteiger partial charge in [0.25, 0.3) is 0 Å². The highest BCUT2D eigenvalue weighted by atomic mass is 31.1. The van der Waals surface area contributed by atoms with Crippen LogP contribution in [0.5, 0.6) is 0 Å². The van der Waals surface area contributed by atoms with E-state index in [2.05, 4.69) is 0 Å². The van der Waals surface area contributed by atoms with Gasteiger partial charge in [-0.25, -0.2) is 0 Å². The molecule has 0 aliphatic heterocycles. The van der Waals surface area contributed by atoms with Crippen molar-refractivity contribution in [2.75, 3.05) is 12.8 Å². The van der Waals surface area contributed by atoms with Gasteiger partial charge in [-0.1, -0.05) is 6.92 Å². The highest BCUT2D eigenvalue weighted by Gasteiger charge is 2.08. The molecule has 0 spiro atoms. The molecule has 0 N–H and O–H groups in total. The molecule has 84 valence electrons. The summed E-state index contributed by atoms with van der Waals surface area (Å²) in [5, 5.41) is 0. The van der Waals surface area contributed by atoms with E-state index in [1.165, 1.54) is 0 Å². The average molecular weight is 222 g/mol. The Morgan fingerprint density at radius 2 is 2.07 bits per heavy atom. The van der Waals surface area contributed by atoms with Crippen LogP contribution in [0.1, 0.15) is 33.6 Å². The lowest BCUT2D eigenvalue weighted by atomic mass is 10.3. The molecule has 0 aromatic carbocycles. The summed E-state index contributed by atoms with van der Waals surface area (Å²) in [6.45, 7) is 5.95. The molecular formula is C9H19O4P. The Morgan fingerprint density at radius 1 is 1.43 bits per heavy atom. The molecule has 0 aliphatic rings.